The number of rotatable bonds is 4. The van der Waals surface area contributed by atoms with Crippen molar-refractivity contribution in [3.05, 3.63) is 74.0 Å². The van der Waals surface area contributed by atoms with Crippen molar-refractivity contribution < 1.29 is 14.1 Å². The second kappa shape index (κ2) is 6.87. The molecule has 0 bridgehead atoms. The highest BCUT2D eigenvalue weighted by Crippen LogP contribution is 2.27. The molecule has 0 fully saturated rings. The van der Waals surface area contributed by atoms with Crippen molar-refractivity contribution in [2.24, 2.45) is 0 Å². The molecule has 0 heterocycles. The van der Waals surface area contributed by atoms with Gasteiger partial charge < -0.3 is 4.90 Å². The SMILES string of the molecule is CC(c1ccc(F)cc1)N(C)C(=O)c1ccc(Br)c([N+](=O)[O-])c1. The first-order chi connectivity index (χ1) is 10.8. The summed E-state index contributed by atoms with van der Waals surface area (Å²) in [6.45, 7) is 1.80. The van der Waals surface area contributed by atoms with Crippen LogP contribution >= 0.6 is 15.9 Å². The molecule has 1 unspecified atom stereocenters. The van der Waals surface area contributed by atoms with Crippen LogP contribution in [0.3, 0.4) is 0 Å². The molecule has 0 N–H and O–H groups in total. The zero-order valence-electron chi connectivity index (χ0n) is 12.5. The van der Waals surface area contributed by atoms with Crippen LogP contribution in [0.4, 0.5) is 10.1 Å². The Morgan fingerprint density at radius 1 is 1.26 bits per heavy atom. The molecule has 0 aliphatic rings. The van der Waals surface area contributed by atoms with Crippen LogP contribution in [0, 0.1) is 15.9 Å². The molecule has 7 heteroatoms. The quantitative estimate of drug-likeness (QED) is 0.585. The van der Waals surface area contributed by atoms with E-state index in [0.29, 0.717) is 4.47 Å². The van der Waals surface area contributed by atoms with Gasteiger partial charge in [-0.2, -0.15) is 0 Å². The molecule has 2 aromatic rings. The van der Waals surface area contributed by atoms with Crippen LogP contribution in [0.5, 0.6) is 0 Å². The first kappa shape index (κ1) is 17.1. The molecule has 0 aliphatic heterocycles. The predicted octanol–water partition coefficient (Wildman–Crippen LogP) is 4.33. The monoisotopic (exact) mass is 380 g/mol. The van der Waals surface area contributed by atoms with E-state index in [4.69, 9.17) is 0 Å². The number of hydrogen-bond acceptors (Lipinski definition) is 3. The van der Waals surface area contributed by atoms with Gasteiger partial charge in [-0.25, -0.2) is 4.39 Å². The van der Waals surface area contributed by atoms with E-state index in [1.165, 1.54) is 35.2 Å². The van der Waals surface area contributed by atoms with Crippen molar-refractivity contribution in [1.29, 1.82) is 0 Å². The summed E-state index contributed by atoms with van der Waals surface area (Å²) in [5.74, 6) is -0.698. The minimum Gasteiger partial charge on any atom is -0.335 e. The van der Waals surface area contributed by atoms with Gasteiger partial charge in [-0.1, -0.05) is 12.1 Å². The number of nitro groups is 1. The Morgan fingerprint density at radius 3 is 2.43 bits per heavy atom. The average Bonchev–Trinajstić information content (AvgIpc) is 2.53. The van der Waals surface area contributed by atoms with Crippen LogP contribution in [-0.2, 0) is 0 Å². The summed E-state index contributed by atoms with van der Waals surface area (Å²) in [6.07, 6.45) is 0. The summed E-state index contributed by atoms with van der Waals surface area (Å²) in [6, 6.07) is 9.80. The highest BCUT2D eigenvalue weighted by Gasteiger charge is 2.22. The van der Waals surface area contributed by atoms with Crippen molar-refractivity contribution in [1.82, 2.24) is 4.90 Å². The molecular formula is C16H14BrFN2O3. The third-order valence-corrected chi connectivity index (χ3v) is 4.31. The van der Waals surface area contributed by atoms with Gasteiger partial charge in [0.1, 0.15) is 5.82 Å². The minimum atomic E-state index is -0.551. The fourth-order valence-corrected chi connectivity index (χ4v) is 2.52. The first-order valence-corrected chi connectivity index (χ1v) is 7.57. The van der Waals surface area contributed by atoms with E-state index in [1.807, 2.05) is 0 Å². The Balaban J connectivity index is 2.27. The van der Waals surface area contributed by atoms with Crippen LogP contribution in [0.1, 0.15) is 28.9 Å². The van der Waals surface area contributed by atoms with Crippen molar-refractivity contribution in [2.45, 2.75) is 13.0 Å². The minimum absolute atomic E-state index is 0.168. The Morgan fingerprint density at radius 2 is 1.87 bits per heavy atom. The number of hydrogen-bond donors (Lipinski definition) is 0. The molecule has 0 aromatic heterocycles. The second-order valence-electron chi connectivity index (χ2n) is 5.07. The lowest BCUT2D eigenvalue weighted by Crippen LogP contribution is -2.29. The van der Waals surface area contributed by atoms with E-state index in [2.05, 4.69) is 15.9 Å². The lowest BCUT2D eigenvalue weighted by Gasteiger charge is -2.25. The van der Waals surface area contributed by atoms with Gasteiger partial charge in [0.25, 0.3) is 11.6 Å². The standard InChI is InChI=1S/C16H14BrFN2O3/c1-10(11-3-6-13(18)7-4-11)19(2)16(21)12-5-8-14(17)15(9-12)20(22)23/h3-10H,1-2H3. The number of carbonyl (C=O) groups excluding carboxylic acids is 1. The molecule has 1 atom stereocenters. The summed E-state index contributed by atoms with van der Waals surface area (Å²) in [7, 11) is 1.60. The van der Waals surface area contributed by atoms with E-state index in [9.17, 15) is 19.3 Å². The van der Waals surface area contributed by atoms with Crippen molar-refractivity contribution >= 4 is 27.5 Å². The maximum absolute atomic E-state index is 13.0. The lowest BCUT2D eigenvalue weighted by molar-refractivity contribution is -0.385. The van der Waals surface area contributed by atoms with E-state index in [0.717, 1.165) is 5.56 Å². The fraction of sp³-hybridized carbons (Fsp3) is 0.188. The number of carbonyl (C=O) groups is 1. The first-order valence-electron chi connectivity index (χ1n) is 6.78. The summed E-state index contributed by atoms with van der Waals surface area (Å²) in [5, 5.41) is 11.0. The van der Waals surface area contributed by atoms with Crippen molar-refractivity contribution in [3.8, 4) is 0 Å². The Hall–Kier alpha value is -2.28. The molecule has 0 saturated carbocycles. The Kier molecular flexibility index (Phi) is 5.10. The molecule has 0 aliphatic carbocycles. The normalized spacial score (nSPS) is 11.8. The van der Waals surface area contributed by atoms with Gasteiger partial charge >= 0.3 is 0 Å². The Labute approximate surface area is 141 Å². The molecule has 0 saturated heterocycles. The van der Waals surface area contributed by atoms with Crippen LogP contribution < -0.4 is 0 Å². The van der Waals surface area contributed by atoms with Crippen LogP contribution in [0.25, 0.3) is 0 Å². The fourth-order valence-electron chi connectivity index (χ4n) is 2.13. The summed E-state index contributed by atoms with van der Waals surface area (Å²) in [4.78, 5) is 24.4. The molecule has 120 valence electrons. The molecule has 1 amide bonds. The van der Waals surface area contributed by atoms with Gasteiger partial charge in [0.05, 0.1) is 15.4 Å². The maximum Gasteiger partial charge on any atom is 0.284 e. The molecule has 5 nitrogen and oxygen atoms in total. The summed E-state index contributed by atoms with van der Waals surface area (Å²) in [5.41, 5.74) is 0.823. The molecule has 2 rings (SSSR count). The molecule has 23 heavy (non-hydrogen) atoms. The van der Waals surface area contributed by atoms with E-state index in [-0.39, 0.29) is 29.0 Å². The Bertz CT molecular complexity index is 749. The topological polar surface area (TPSA) is 63.5 Å². The highest BCUT2D eigenvalue weighted by molar-refractivity contribution is 9.10. The van der Waals surface area contributed by atoms with Crippen molar-refractivity contribution in [3.63, 3.8) is 0 Å². The third kappa shape index (κ3) is 3.73. The summed E-state index contributed by atoms with van der Waals surface area (Å²) >= 11 is 3.09. The smallest absolute Gasteiger partial charge is 0.284 e. The average molecular weight is 381 g/mol. The largest absolute Gasteiger partial charge is 0.335 e. The zero-order valence-corrected chi connectivity index (χ0v) is 14.1. The van der Waals surface area contributed by atoms with E-state index < -0.39 is 4.92 Å². The lowest BCUT2D eigenvalue weighted by atomic mass is 10.1. The molecule has 0 radical (unpaired) electrons. The van der Waals surface area contributed by atoms with E-state index >= 15 is 0 Å². The third-order valence-electron chi connectivity index (χ3n) is 3.64. The molecular weight excluding hydrogens is 367 g/mol. The van der Waals surface area contributed by atoms with Gasteiger partial charge in [0.15, 0.2) is 0 Å². The number of benzene rings is 2. The van der Waals surface area contributed by atoms with Gasteiger partial charge in [0.2, 0.25) is 0 Å². The maximum atomic E-state index is 13.0. The molecule has 0 spiro atoms. The predicted molar refractivity (Wildman–Crippen MR) is 87.7 cm³/mol. The highest BCUT2D eigenvalue weighted by atomic mass is 79.9. The zero-order chi connectivity index (χ0) is 17.1. The van der Waals surface area contributed by atoms with Crippen LogP contribution in [0.15, 0.2) is 46.9 Å². The van der Waals surface area contributed by atoms with E-state index in [1.54, 1.807) is 26.1 Å². The van der Waals surface area contributed by atoms with Gasteiger partial charge in [0, 0.05) is 18.7 Å². The summed E-state index contributed by atoms with van der Waals surface area (Å²) < 4.78 is 13.3. The number of nitrogens with zero attached hydrogens (tertiary/aromatic N) is 2. The van der Waals surface area contributed by atoms with Crippen LogP contribution in [0.2, 0.25) is 0 Å². The second-order valence-corrected chi connectivity index (χ2v) is 5.92. The van der Waals surface area contributed by atoms with Crippen LogP contribution in [-0.4, -0.2) is 22.8 Å². The number of amides is 1. The number of halogens is 2. The van der Waals surface area contributed by atoms with Gasteiger partial charge in [-0.05, 0) is 52.7 Å². The molecule has 2 aromatic carbocycles. The van der Waals surface area contributed by atoms with Gasteiger partial charge in [-0.3, -0.25) is 14.9 Å². The number of nitro benzene ring substituents is 1. The van der Waals surface area contributed by atoms with Gasteiger partial charge in [-0.15, -0.1) is 0 Å². The van der Waals surface area contributed by atoms with Crippen molar-refractivity contribution in [2.75, 3.05) is 7.05 Å².